The molecule has 0 bridgehead atoms. The number of hydrogen-bond acceptors (Lipinski definition) is 5. The van der Waals surface area contributed by atoms with E-state index in [9.17, 15) is 32.7 Å². The van der Waals surface area contributed by atoms with Crippen molar-refractivity contribution in [2.24, 2.45) is 0 Å². The summed E-state index contributed by atoms with van der Waals surface area (Å²) in [5.41, 5.74) is 0.892. The van der Waals surface area contributed by atoms with Gasteiger partial charge < -0.3 is 14.6 Å². The third-order valence-electron chi connectivity index (χ3n) is 5.49. The lowest BCUT2D eigenvalue weighted by Gasteiger charge is -2.25. The maximum Gasteiger partial charge on any atom is 0.573 e. The van der Waals surface area contributed by atoms with Crippen molar-refractivity contribution in [3.8, 4) is 11.5 Å². The van der Waals surface area contributed by atoms with Crippen LogP contribution < -0.4 is 14.4 Å². The summed E-state index contributed by atoms with van der Waals surface area (Å²) < 4.78 is 47.2. The van der Waals surface area contributed by atoms with Crippen LogP contribution in [0.25, 0.3) is 0 Å². The van der Waals surface area contributed by atoms with Crippen molar-refractivity contribution in [1.29, 1.82) is 0 Å². The van der Waals surface area contributed by atoms with Gasteiger partial charge in [0.25, 0.3) is 5.91 Å². The third kappa shape index (κ3) is 5.67. The first kappa shape index (κ1) is 25.9. The number of hydrogen-bond donors (Lipinski definition) is 1. The smallest absolute Gasteiger partial charge is 0.478 e. The third-order valence-corrected chi connectivity index (χ3v) is 5.49. The van der Waals surface area contributed by atoms with Crippen LogP contribution in [0.3, 0.4) is 0 Å². The van der Waals surface area contributed by atoms with Crippen molar-refractivity contribution in [2.75, 3.05) is 11.4 Å². The topological polar surface area (TPSA) is 96.4 Å². The van der Waals surface area contributed by atoms with Crippen molar-refractivity contribution in [1.82, 2.24) is 4.90 Å². The molecule has 2 aromatic carbocycles. The Labute approximate surface area is 199 Å². The quantitative estimate of drug-likeness (QED) is 0.560. The molecule has 3 amide bonds. The van der Waals surface area contributed by atoms with Gasteiger partial charge in [-0.05, 0) is 75.1 Å². The number of rotatable bonds is 7. The van der Waals surface area contributed by atoms with Gasteiger partial charge in [-0.2, -0.15) is 0 Å². The Balaban J connectivity index is 1.79. The lowest BCUT2D eigenvalue weighted by molar-refractivity contribution is -0.274. The molecule has 0 spiro atoms. The van der Waals surface area contributed by atoms with E-state index < -0.39 is 35.6 Å². The van der Waals surface area contributed by atoms with Crippen LogP contribution in [0.2, 0.25) is 0 Å². The van der Waals surface area contributed by atoms with E-state index in [2.05, 4.69) is 4.74 Å². The maximum absolute atomic E-state index is 13.0. The number of halogens is 3. The van der Waals surface area contributed by atoms with E-state index in [0.717, 1.165) is 11.0 Å². The van der Waals surface area contributed by atoms with Crippen LogP contribution in [0.15, 0.2) is 30.3 Å². The number of nitrogens with zero attached hydrogens (tertiary/aromatic N) is 2. The monoisotopic (exact) mass is 494 g/mol. The van der Waals surface area contributed by atoms with Crippen LogP contribution in [0, 0.1) is 20.8 Å². The Morgan fingerprint density at radius 3 is 2.11 bits per heavy atom. The molecule has 188 valence electrons. The Hall–Kier alpha value is -3.76. The number of urea groups is 1. The number of amides is 3. The van der Waals surface area contributed by atoms with Gasteiger partial charge in [0.2, 0.25) is 0 Å². The summed E-state index contributed by atoms with van der Waals surface area (Å²) in [4.78, 5) is 39.2. The van der Waals surface area contributed by atoms with Crippen LogP contribution in [0.1, 0.15) is 36.1 Å². The van der Waals surface area contributed by atoms with E-state index in [1.807, 2.05) is 0 Å². The van der Waals surface area contributed by atoms with Gasteiger partial charge in [0.15, 0.2) is 5.60 Å². The predicted octanol–water partition coefficient (Wildman–Crippen LogP) is 4.72. The first-order valence-electron chi connectivity index (χ1n) is 10.6. The van der Waals surface area contributed by atoms with Crippen LogP contribution in [0.4, 0.5) is 23.7 Å². The second-order valence-corrected chi connectivity index (χ2v) is 8.82. The molecule has 0 radical (unpaired) electrons. The van der Waals surface area contributed by atoms with E-state index in [4.69, 9.17) is 4.74 Å². The van der Waals surface area contributed by atoms with Gasteiger partial charge in [-0.1, -0.05) is 12.1 Å². The second kappa shape index (κ2) is 9.12. The molecular formula is C24H25F3N2O6. The normalized spacial score (nSPS) is 14.5. The molecule has 2 aromatic rings. The van der Waals surface area contributed by atoms with E-state index in [-0.39, 0.29) is 24.3 Å². The fourth-order valence-electron chi connectivity index (χ4n) is 3.71. The summed E-state index contributed by atoms with van der Waals surface area (Å²) in [5.74, 6) is -1.58. The van der Waals surface area contributed by atoms with Gasteiger partial charge in [0, 0.05) is 5.69 Å². The summed E-state index contributed by atoms with van der Waals surface area (Å²) in [5, 5.41) is 9.32. The molecule has 0 aliphatic carbocycles. The largest absolute Gasteiger partial charge is 0.573 e. The number of carbonyl (C=O) groups is 3. The van der Waals surface area contributed by atoms with Gasteiger partial charge in [0.05, 0.1) is 6.54 Å². The lowest BCUT2D eigenvalue weighted by Crippen LogP contribution is -2.38. The molecular weight excluding hydrogens is 469 g/mol. The molecule has 1 aliphatic rings. The Kier molecular flexibility index (Phi) is 6.74. The SMILES string of the molecule is Cc1cc(N2CC(=O)N(Cc3cc(C)c(OC(C)(C)C(=O)O)c(C)c3)C2=O)ccc1OC(F)(F)F. The summed E-state index contributed by atoms with van der Waals surface area (Å²) in [6, 6.07) is 6.53. The molecule has 11 heteroatoms. The average molecular weight is 494 g/mol. The highest BCUT2D eigenvalue weighted by atomic mass is 19.4. The van der Waals surface area contributed by atoms with E-state index in [1.54, 1.807) is 26.0 Å². The number of anilines is 1. The van der Waals surface area contributed by atoms with Crippen LogP contribution >= 0.6 is 0 Å². The molecule has 0 saturated carbocycles. The lowest BCUT2D eigenvalue weighted by atomic mass is 10.0. The first-order chi connectivity index (χ1) is 16.1. The highest BCUT2D eigenvalue weighted by molar-refractivity contribution is 6.12. The highest BCUT2D eigenvalue weighted by Gasteiger charge is 2.38. The number of carboxylic acids is 1. The number of carbonyl (C=O) groups excluding carboxylic acids is 2. The molecule has 0 atom stereocenters. The van der Waals surface area contributed by atoms with Crippen molar-refractivity contribution in [3.63, 3.8) is 0 Å². The van der Waals surface area contributed by atoms with E-state index in [1.165, 1.54) is 37.8 Å². The average Bonchev–Trinajstić information content (AvgIpc) is 2.99. The number of ether oxygens (including phenoxy) is 2. The van der Waals surface area contributed by atoms with E-state index >= 15 is 0 Å². The number of aliphatic carboxylic acids is 1. The molecule has 1 aliphatic heterocycles. The summed E-state index contributed by atoms with van der Waals surface area (Å²) in [6.45, 7) is 7.44. The number of benzene rings is 2. The molecule has 0 unspecified atom stereocenters. The molecule has 1 fully saturated rings. The second-order valence-electron chi connectivity index (χ2n) is 8.82. The zero-order chi connectivity index (χ0) is 26.3. The molecule has 1 saturated heterocycles. The number of imide groups is 1. The maximum atomic E-state index is 13.0. The number of aryl methyl sites for hydroxylation is 3. The van der Waals surface area contributed by atoms with Gasteiger partial charge in [0.1, 0.15) is 18.0 Å². The molecule has 35 heavy (non-hydrogen) atoms. The molecule has 3 rings (SSSR count). The van der Waals surface area contributed by atoms with Gasteiger partial charge >= 0.3 is 18.4 Å². The summed E-state index contributed by atoms with van der Waals surface area (Å²) >= 11 is 0. The van der Waals surface area contributed by atoms with Gasteiger partial charge in [-0.25, -0.2) is 9.59 Å². The Morgan fingerprint density at radius 1 is 1.00 bits per heavy atom. The fourth-order valence-corrected chi connectivity index (χ4v) is 3.71. The zero-order valence-electron chi connectivity index (χ0n) is 19.8. The molecule has 1 N–H and O–H groups in total. The van der Waals surface area contributed by atoms with Crippen molar-refractivity contribution < 1.29 is 42.1 Å². The van der Waals surface area contributed by atoms with Crippen molar-refractivity contribution in [2.45, 2.75) is 53.1 Å². The van der Waals surface area contributed by atoms with Crippen molar-refractivity contribution >= 4 is 23.6 Å². The number of carboxylic acid groups (broad SMARTS) is 1. The fraction of sp³-hybridized carbons (Fsp3) is 0.375. The Bertz CT molecular complexity index is 1170. The van der Waals surface area contributed by atoms with Crippen LogP contribution in [0.5, 0.6) is 11.5 Å². The van der Waals surface area contributed by atoms with Crippen LogP contribution in [-0.4, -0.2) is 46.4 Å². The van der Waals surface area contributed by atoms with E-state index in [0.29, 0.717) is 22.4 Å². The van der Waals surface area contributed by atoms with Gasteiger partial charge in [-0.3, -0.25) is 14.6 Å². The summed E-state index contributed by atoms with van der Waals surface area (Å²) in [6.07, 6.45) is -4.84. The van der Waals surface area contributed by atoms with Crippen molar-refractivity contribution in [3.05, 3.63) is 52.6 Å². The minimum Gasteiger partial charge on any atom is -0.478 e. The van der Waals surface area contributed by atoms with Gasteiger partial charge in [-0.15, -0.1) is 13.2 Å². The van der Waals surface area contributed by atoms with Crippen LogP contribution in [-0.2, 0) is 16.1 Å². The predicted molar refractivity (Wildman–Crippen MR) is 119 cm³/mol. The molecule has 1 heterocycles. The molecule has 0 aromatic heterocycles. The first-order valence-corrected chi connectivity index (χ1v) is 10.6. The number of alkyl halides is 3. The zero-order valence-corrected chi connectivity index (χ0v) is 19.8. The Morgan fingerprint density at radius 2 is 1.60 bits per heavy atom. The standard InChI is InChI=1S/C24H25F3N2O6/c1-13-10-17(6-7-18(13)34-24(25,26)27)28-12-19(30)29(22(28)33)11-16-8-14(2)20(15(3)9-16)35-23(4,5)21(31)32/h6-10H,11-12H2,1-5H3,(H,31,32). The molecule has 8 nitrogen and oxygen atoms in total. The minimum atomic E-state index is -4.84. The summed E-state index contributed by atoms with van der Waals surface area (Å²) in [7, 11) is 0. The highest BCUT2D eigenvalue weighted by Crippen LogP contribution is 2.32. The minimum absolute atomic E-state index is 0.0350.